The summed E-state index contributed by atoms with van der Waals surface area (Å²) < 4.78 is 33.4. The molecule has 1 aliphatic heterocycles. The largest absolute Gasteiger partial charge is 0.487 e. The highest BCUT2D eigenvalue weighted by Crippen LogP contribution is 2.54. The Bertz CT molecular complexity index is 1140. The number of nitrogens with two attached hydrogens (primary N) is 2. The number of ether oxygens (including phenoxy) is 1. The van der Waals surface area contributed by atoms with Crippen LogP contribution in [0.2, 0.25) is 0 Å². The van der Waals surface area contributed by atoms with Crippen molar-refractivity contribution in [2.24, 2.45) is 11.1 Å². The van der Waals surface area contributed by atoms with Gasteiger partial charge in [-0.15, -0.1) is 0 Å². The molecule has 34 heavy (non-hydrogen) atoms. The number of anilines is 1. The van der Waals surface area contributed by atoms with E-state index >= 15 is 0 Å². The van der Waals surface area contributed by atoms with Crippen LogP contribution in [-0.2, 0) is 4.79 Å². The summed E-state index contributed by atoms with van der Waals surface area (Å²) in [5.41, 5.74) is 12.9. The highest BCUT2D eigenvalue weighted by molar-refractivity contribution is 6.03. The Morgan fingerprint density at radius 3 is 2.53 bits per heavy atom. The fourth-order valence-corrected chi connectivity index (χ4v) is 4.82. The molecule has 4 N–H and O–H groups in total. The first-order valence-corrected chi connectivity index (χ1v) is 10.9. The maximum atomic E-state index is 13.3. The van der Waals surface area contributed by atoms with Gasteiger partial charge >= 0.3 is 0 Å². The standard InChI is InChI=1S/C24H27F2N5O3/c1-3-18(32)30-10-9-23(13-30)11-16(12-23)31-21(27)19(22(28)33)20(29-31)15-5-7-17(8-6-15)34-14-24(25,26)4-2/h3-8,16H,1-2,9-14,27H2,(H2,28,33). The summed E-state index contributed by atoms with van der Waals surface area (Å²) in [6.07, 6.45) is 4.31. The van der Waals surface area contributed by atoms with Gasteiger partial charge in [0.1, 0.15) is 22.8 Å². The van der Waals surface area contributed by atoms with Gasteiger partial charge in [0.15, 0.2) is 6.61 Å². The second-order valence-corrected chi connectivity index (χ2v) is 8.97. The van der Waals surface area contributed by atoms with Crippen molar-refractivity contribution >= 4 is 17.6 Å². The van der Waals surface area contributed by atoms with Gasteiger partial charge in [-0.2, -0.15) is 13.9 Å². The van der Waals surface area contributed by atoms with Crippen LogP contribution in [-0.4, -0.2) is 52.1 Å². The van der Waals surface area contributed by atoms with E-state index in [9.17, 15) is 18.4 Å². The number of rotatable bonds is 8. The molecule has 1 aliphatic carbocycles. The van der Waals surface area contributed by atoms with Gasteiger partial charge in [-0.1, -0.05) is 13.2 Å². The summed E-state index contributed by atoms with van der Waals surface area (Å²) in [5.74, 6) is -3.50. The van der Waals surface area contributed by atoms with Crippen LogP contribution in [0.4, 0.5) is 14.6 Å². The number of benzene rings is 1. The minimum absolute atomic E-state index is 0.0151. The van der Waals surface area contributed by atoms with Crippen LogP contribution in [0.5, 0.6) is 5.75 Å². The topological polar surface area (TPSA) is 116 Å². The number of amides is 2. The molecule has 0 atom stereocenters. The van der Waals surface area contributed by atoms with E-state index in [4.69, 9.17) is 16.2 Å². The lowest BCUT2D eigenvalue weighted by Crippen LogP contribution is -2.42. The van der Waals surface area contributed by atoms with Gasteiger partial charge in [0.05, 0.1) is 6.04 Å². The quantitative estimate of drug-likeness (QED) is 0.453. The van der Waals surface area contributed by atoms with E-state index in [0.717, 1.165) is 19.3 Å². The Morgan fingerprint density at radius 2 is 1.94 bits per heavy atom. The molecule has 2 heterocycles. The Balaban J connectivity index is 1.52. The number of primary amides is 1. The van der Waals surface area contributed by atoms with E-state index in [1.165, 1.54) is 18.2 Å². The number of carbonyl (C=O) groups excluding carboxylic acids is 2. The summed E-state index contributed by atoms with van der Waals surface area (Å²) >= 11 is 0. The molecule has 2 fully saturated rings. The van der Waals surface area contributed by atoms with E-state index in [2.05, 4.69) is 18.3 Å². The summed E-state index contributed by atoms with van der Waals surface area (Å²) in [6.45, 7) is 7.16. The number of halogens is 2. The predicted octanol–water partition coefficient (Wildman–Crippen LogP) is 3.17. The van der Waals surface area contributed by atoms with Gasteiger partial charge in [0.25, 0.3) is 11.8 Å². The molecule has 0 unspecified atom stereocenters. The molecule has 180 valence electrons. The van der Waals surface area contributed by atoms with Gasteiger partial charge in [-0.3, -0.25) is 9.59 Å². The Kier molecular flexibility index (Phi) is 5.93. The predicted molar refractivity (Wildman–Crippen MR) is 123 cm³/mol. The molecule has 2 aromatic rings. The molecule has 8 nitrogen and oxygen atoms in total. The molecular weight excluding hydrogens is 444 g/mol. The van der Waals surface area contributed by atoms with Crippen LogP contribution in [0.1, 0.15) is 35.7 Å². The number of alkyl halides is 2. The number of nitrogens with zero attached hydrogens (tertiary/aromatic N) is 3. The van der Waals surface area contributed by atoms with Crippen LogP contribution in [0.15, 0.2) is 49.6 Å². The zero-order valence-electron chi connectivity index (χ0n) is 18.7. The number of carbonyl (C=O) groups is 2. The van der Waals surface area contributed by atoms with Gasteiger partial charge < -0.3 is 21.1 Å². The van der Waals surface area contributed by atoms with Gasteiger partial charge in [0, 0.05) is 18.7 Å². The summed E-state index contributed by atoms with van der Waals surface area (Å²) in [4.78, 5) is 25.9. The maximum absolute atomic E-state index is 13.3. The molecule has 1 aromatic heterocycles. The second-order valence-electron chi connectivity index (χ2n) is 8.97. The van der Waals surface area contributed by atoms with E-state index < -0.39 is 18.4 Å². The number of hydrogen-bond donors (Lipinski definition) is 2. The van der Waals surface area contributed by atoms with E-state index in [-0.39, 0.29) is 34.5 Å². The third kappa shape index (κ3) is 4.27. The van der Waals surface area contributed by atoms with Crippen LogP contribution < -0.4 is 16.2 Å². The first-order valence-electron chi connectivity index (χ1n) is 10.9. The number of hydrogen-bond acceptors (Lipinski definition) is 5. The third-order valence-corrected chi connectivity index (χ3v) is 6.66. The first kappa shape index (κ1) is 23.5. The molecule has 1 spiro atoms. The van der Waals surface area contributed by atoms with Gasteiger partial charge in [-0.05, 0) is 61.1 Å². The molecule has 0 radical (unpaired) electrons. The Morgan fingerprint density at radius 1 is 1.26 bits per heavy atom. The van der Waals surface area contributed by atoms with E-state index in [1.807, 2.05) is 0 Å². The lowest BCUT2D eigenvalue weighted by molar-refractivity contribution is -0.125. The molecule has 1 aromatic carbocycles. The zero-order chi connectivity index (χ0) is 24.7. The van der Waals surface area contributed by atoms with Crippen LogP contribution in [0, 0.1) is 5.41 Å². The van der Waals surface area contributed by atoms with E-state index in [0.29, 0.717) is 30.4 Å². The average Bonchev–Trinajstić information content (AvgIpc) is 3.38. The zero-order valence-corrected chi connectivity index (χ0v) is 18.7. The summed E-state index contributed by atoms with van der Waals surface area (Å²) in [7, 11) is 0. The van der Waals surface area contributed by atoms with Crippen molar-refractivity contribution < 1.29 is 23.1 Å². The number of likely N-dealkylation sites (tertiary alicyclic amines) is 1. The molecule has 1 saturated heterocycles. The van der Waals surface area contributed by atoms with Gasteiger partial charge in [0.2, 0.25) is 5.91 Å². The highest BCUT2D eigenvalue weighted by Gasteiger charge is 2.50. The normalized spacial score (nSPS) is 21.8. The first-order chi connectivity index (χ1) is 16.1. The van der Waals surface area contributed by atoms with Crippen molar-refractivity contribution in [2.45, 2.75) is 31.2 Å². The lowest BCUT2D eigenvalue weighted by atomic mass is 9.65. The van der Waals surface area contributed by atoms with Crippen molar-refractivity contribution in [3.05, 3.63) is 55.1 Å². The Hall–Kier alpha value is -3.69. The van der Waals surface area contributed by atoms with E-state index in [1.54, 1.807) is 21.7 Å². The fourth-order valence-electron chi connectivity index (χ4n) is 4.82. The molecule has 0 bridgehead atoms. The third-order valence-electron chi connectivity index (χ3n) is 6.66. The molecule has 1 saturated carbocycles. The van der Waals surface area contributed by atoms with Crippen LogP contribution >= 0.6 is 0 Å². The molecule has 2 aliphatic rings. The summed E-state index contributed by atoms with van der Waals surface area (Å²) in [6, 6.07) is 6.22. The fraction of sp³-hybridized carbons (Fsp3) is 0.375. The highest BCUT2D eigenvalue weighted by atomic mass is 19.3. The molecule has 4 rings (SSSR count). The summed E-state index contributed by atoms with van der Waals surface area (Å²) in [5, 5.41) is 4.60. The monoisotopic (exact) mass is 471 g/mol. The van der Waals surface area contributed by atoms with Crippen molar-refractivity contribution in [2.75, 3.05) is 25.4 Å². The lowest BCUT2D eigenvalue weighted by Gasteiger charge is -2.45. The van der Waals surface area contributed by atoms with Crippen molar-refractivity contribution in [1.29, 1.82) is 0 Å². The smallest absolute Gasteiger partial charge is 0.299 e. The SMILES string of the molecule is C=CC(=O)N1CCC2(CC(n3nc(-c4ccc(OCC(F)(F)C=C)cc4)c(C(N)=O)c3N)C2)C1. The van der Waals surface area contributed by atoms with Crippen molar-refractivity contribution in [1.82, 2.24) is 14.7 Å². The van der Waals surface area contributed by atoms with Crippen molar-refractivity contribution in [3.63, 3.8) is 0 Å². The molecular formula is C24H27F2N5O3. The molecule has 10 heteroatoms. The maximum Gasteiger partial charge on any atom is 0.299 e. The minimum Gasteiger partial charge on any atom is -0.487 e. The van der Waals surface area contributed by atoms with Crippen LogP contribution in [0.25, 0.3) is 11.3 Å². The molecule has 2 amide bonds. The van der Waals surface area contributed by atoms with Gasteiger partial charge in [-0.25, -0.2) is 4.68 Å². The second kappa shape index (κ2) is 8.58. The Labute approximate surface area is 195 Å². The number of nitrogen functional groups attached to an aromatic ring is 1. The van der Waals surface area contributed by atoms with Crippen LogP contribution in [0.3, 0.4) is 0 Å². The van der Waals surface area contributed by atoms with Crippen molar-refractivity contribution in [3.8, 4) is 17.0 Å². The average molecular weight is 472 g/mol. The minimum atomic E-state index is -3.14. The number of aromatic nitrogens is 2.